The average molecular weight is 520 g/mol. The molecule has 39 heavy (non-hydrogen) atoms. The Labute approximate surface area is 228 Å². The Morgan fingerprint density at radius 3 is 2.85 bits per heavy atom. The number of pyridine rings is 1. The summed E-state index contributed by atoms with van der Waals surface area (Å²) in [6.45, 7) is 3.75. The van der Waals surface area contributed by atoms with Crippen LogP contribution in [0.3, 0.4) is 0 Å². The van der Waals surface area contributed by atoms with Crippen molar-refractivity contribution in [1.29, 1.82) is 0 Å². The number of hydrogen-bond acceptors (Lipinski definition) is 5. The van der Waals surface area contributed by atoms with Crippen LogP contribution in [-0.2, 0) is 22.4 Å². The van der Waals surface area contributed by atoms with E-state index >= 15 is 0 Å². The maximum absolute atomic E-state index is 12.7. The maximum atomic E-state index is 12.7. The lowest BCUT2D eigenvalue weighted by molar-refractivity contribution is -0.143. The average Bonchev–Trinajstić information content (AvgIpc) is 3.39. The SMILES string of the molecule is CCOC(=O)CC(c1cccc2ccccc12)n1ccc2cc(OCCc3ccc4c(n3)NCCC4)ccc21. The minimum absolute atomic E-state index is 0.192. The van der Waals surface area contributed by atoms with Crippen LogP contribution in [-0.4, -0.2) is 35.3 Å². The van der Waals surface area contributed by atoms with Crippen molar-refractivity contribution in [2.24, 2.45) is 0 Å². The zero-order valence-corrected chi connectivity index (χ0v) is 22.2. The molecule has 0 saturated carbocycles. The van der Waals surface area contributed by atoms with Gasteiger partial charge in [0.05, 0.1) is 25.7 Å². The zero-order chi connectivity index (χ0) is 26.6. The predicted molar refractivity (Wildman–Crippen MR) is 156 cm³/mol. The third-order valence-corrected chi connectivity index (χ3v) is 7.45. The van der Waals surface area contributed by atoms with E-state index in [1.807, 2.05) is 25.1 Å². The fourth-order valence-electron chi connectivity index (χ4n) is 5.56. The monoisotopic (exact) mass is 519 g/mol. The first-order valence-electron chi connectivity index (χ1n) is 13.8. The van der Waals surface area contributed by atoms with Gasteiger partial charge in [-0.25, -0.2) is 4.98 Å². The molecule has 5 aromatic rings. The highest BCUT2D eigenvalue weighted by Crippen LogP contribution is 2.34. The van der Waals surface area contributed by atoms with E-state index in [1.54, 1.807) is 0 Å². The number of anilines is 1. The molecule has 0 saturated heterocycles. The number of nitrogens with zero attached hydrogens (tertiary/aromatic N) is 2. The lowest BCUT2D eigenvalue weighted by Crippen LogP contribution is -2.17. The van der Waals surface area contributed by atoms with Gasteiger partial charge in [0.2, 0.25) is 0 Å². The van der Waals surface area contributed by atoms with Gasteiger partial charge in [-0.15, -0.1) is 0 Å². The molecule has 2 aromatic heterocycles. The van der Waals surface area contributed by atoms with E-state index in [0.717, 1.165) is 70.3 Å². The van der Waals surface area contributed by atoms with E-state index < -0.39 is 0 Å². The number of ether oxygens (including phenoxy) is 2. The smallest absolute Gasteiger partial charge is 0.308 e. The summed E-state index contributed by atoms with van der Waals surface area (Å²) in [7, 11) is 0. The molecule has 6 heteroatoms. The molecule has 0 bridgehead atoms. The molecule has 3 aromatic carbocycles. The topological polar surface area (TPSA) is 65.4 Å². The van der Waals surface area contributed by atoms with Crippen LogP contribution in [0, 0.1) is 0 Å². The van der Waals surface area contributed by atoms with Crippen LogP contribution < -0.4 is 10.1 Å². The van der Waals surface area contributed by atoms with Crippen molar-refractivity contribution in [1.82, 2.24) is 9.55 Å². The van der Waals surface area contributed by atoms with Gasteiger partial charge in [-0.05, 0) is 72.0 Å². The van der Waals surface area contributed by atoms with Gasteiger partial charge in [0.25, 0.3) is 0 Å². The lowest BCUT2D eigenvalue weighted by atomic mass is 9.96. The zero-order valence-electron chi connectivity index (χ0n) is 22.2. The van der Waals surface area contributed by atoms with Crippen molar-refractivity contribution in [3.63, 3.8) is 0 Å². The Morgan fingerprint density at radius 2 is 1.92 bits per heavy atom. The molecule has 198 valence electrons. The summed E-state index contributed by atoms with van der Waals surface area (Å²) in [5, 5.41) is 6.76. The van der Waals surface area contributed by atoms with Crippen LogP contribution >= 0.6 is 0 Å². The van der Waals surface area contributed by atoms with Gasteiger partial charge in [0.15, 0.2) is 0 Å². The lowest BCUT2D eigenvalue weighted by Gasteiger charge is -2.22. The summed E-state index contributed by atoms with van der Waals surface area (Å²) in [6, 6.07) is 26.9. The van der Waals surface area contributed by atoms with Crippen LogP contribution in [0.25, 0.3) is 21.7 Å². The highest BCUT2D eigenvalue weighted by atomic mass is 16.5. The largest absolute Gasteiger partial charge is 0.493 e. The molecule has 6 nitrogen and oxygen atoms in total. The summed E-state index contributed by atoms with van der Waals surface area (Å²) in [5.41, 5.74) is 4.48. The molecule has 3 heterocycles. The van der Waals surface area contributed by atoms with Crippen molar-refractivity contribution in [2.75, 3.05) is 25.1 Å². The summed E-state index contributed by atoms with van der Waals surface area (Å²) < 4.78 is 13.7. The number of aryl methyl sites for hydroxylation is 1. The fourth-order valence-corrected chi connectivity index (χ4v) is 5.56. The Morgan fingerprint density at radius 1 is 1.03 bits per heavy atom. The molecule has 0 amide bonds. The fraction of sp³-hybridized carbons (Fsp3) is 0.273. The number of esters is 1. The van der Waals surface area contributed by atoms with Crippen LogP contribution in [0.4, 0.5) is 5.82 Å². The van der Waals surface area contributed by atoms with Crippen molar-refractivity contribution in [2.45, 2.75) is 38.6 Å². The van der Waals surface area contributed by atoms with Gasteiger partial charge in [-0.1, -0.05) is 48.5 Å². The third kappa shape index (κ3) is 5.32. The first-order valence-corrected chi connectivity index (χ1v) is 13.8. The molecule has 1 aliphatic rings. The van der Waals surface area contributed by atoms with Gasteiger partial charge >= 0.3 is 5.97 Å². The van der Waals surface area contributed by atoms with Crippen molar-refractivity contribution in [3.05, 3.63) is 102 Å². The first kappa shape index (κ1) is 25.0. The third-order valence-electron chi connectivity index (χ3n) is 7.45. The van der Waals surface area contributed by atoms with E-state index in [2.05, 4.69) is 76.7 Å². The quantitative estimate of drug-likeness (QED) is 0.219. The number of carbonyl (C=O) groups is 1. The number of aromatic nitrogens is 2. The number of rotatable bonds is 9. The Bertz CT molecular complexity index is 1620. The second-order valence-electron chi connectivity index (χ2n) is 9.98. The van der Waals surface area contributed by atoms with E-state index in [9.17, 15) is 4.79 Å². The number of fused-ring (bicyclic) bond motifs is 3. The van der Waals surface area contributed by atoms with Crippen LogP contribution in [0.15, 0.2) is 85.1 Å². The number of hydrogen-bond donors (Lipinski definition) is 1. The summed E-state index contributed by atoms with van der Waals surface area (Å²) in [6.07, 6.45) is 5.31. The second kappa shape index (κ2) is 11.2. The Balaban J connectivity index is 1.24. The molecule has 1 N–H and O–H groups in total. The second-order valence-corrected chi connectivity index (χ2v) is 9.98. The van der Waals surface area contributed by atoms with E-state index in [1.165, 1.54) is 5.56 Å². The van der Waals surface area contributed by atoms with E-state index in [0.29, 0.717) is 13.2 Å². The molecular formula is C33H33N3O3. The highest BCUT2D eigenvalue weighted by molar-refractivity contribution is 5.88. The Kier molecular flexibility index (Phi) is 7.17. The van der Waals surface area contributed by atoms with E-state index in [-0.39, 0.29) is 18.4 Å². The summed E-state index contributed by atoms with van der Waals surface area (Å²) in [4.78, 5) is 17.5. The normalized spacial score (nSPS) is 13.6. The molecule has 0 spiro atoms. The van der Waals surface area contributed by atoms with Crippen molar-refractivity contribution < 1.29 is 14.3 Å². The standard InChI is InChI=1S/C33H33N3O3/c1-2-38-32(37)22-31(29-11-5-8-23-7-3-4-10-28(23)29)36-19-16-25-21-27(14-15-30(25)36)39-20-17-26-13-12-24-9-6-18-34-33(24)35-26/h3-5,7-8,10-16,19,21,31H,2,6,9,17-18,20,22H2,1H3,(H,34,35). The van der Waals surface area contributed by atoms with Gasteiger partial charge in [0.1, 0.15) is 11.6 Å². The van der Waals surface area contributed by atoms with Crippen LogP contribution in [0.1, 0.15) is 42.6 Å². The number of nitrogens with one attached hydrogen (secondary N) is 1. The highest BCUT2D eigenvalue weighted by Gasteiger charge is 2.22. The number of carbonyl (C=O) groups excluding carboxylic acids is 1. The van der Waals surface area contributed by atoms with Crippen molar-refractivity contribution in [3.8, 4) is 5.75 Å². The first-order chi connectivity index (χ1) is 19.2. The van der Waals surface area contributed by atoms with E-state index in [4.69, 9.17) is 14.5 Å². The molecule has 1 atom stereocenters. The van der Waals surface area contributed by atoms with Gasteiger partial charge < -0.3 is 19.4 Å². The molecule has 1 aliphatic heterocycles. The molecular weight excluding hydrogens is 486 g/mol. The van der Waals surface area contributed by atoms with Crippen LogP contribution in [0.2, 0.25) is 0 Å². The predicted octanol–water partition coefficient (Wildman–Crippen LogP) is 6.71. The molecule has 0 radical (unpaired) electrons. The van der Waals surface area contributed by atoms with Gasteiger partial charge in [-0.2, -0.15) is 0 Å². The van der Waals surface area contributed by atoms with Crippen molar-refractivity contribution >= 4 is 33.5 Å². The van der Waals surface area contributed by atoms with Crippen LogP contribution in [0.5, 0.6) is 5.75 Å². The molecule has 0 fully saturated rings. The Hall–Kier alpha value is -4.32. The molecule has 6 rings (SSSR count). The molecule has 1 unspecified atom stereocenters. The van der Waals surface area contributed by atoms with Gasteiger partial charge in [-0.3, -0.25) is 4.79 Å². The molecule has 0 aliphatic carbocycles. The minimum atomic E-state index is -0.205. The minimum Gasteiger partial charge on any atom is -0.493 e. The summed E-state index contributed by atoms with van der Waals surface area (Å²) in [5.74, 6) is 1.64. The maximum Gasteiger partial charge on any atom is 0.308 e. The summed E-state index contributed by atoms with van der Waals surface area (Å²) >= 11 is 0. The van der Waals surface area contributed by atoms with Gasteiger partial charge in [0, 0.05) is 35.8 Å². The number of benzene rings is 3.